The Balaban J connectivity index is 2.02. The molecule has 0 radical (unpaired) electrons. The van der Waals surface area contributed by atoms with Crippen LogP contribution in [0, 0.1) is 5.82 Å². The number of anilines is 1. The first-order valence-electron chi connectivity index (χ1n) is 5.69. The highest BCUT2D eigenvalue weighted by Crippen LogP contribution is 2.21. The fourth-order valence-corrected chi connectivity index (χ4v) is 2.25. The van der Waals surface area contributed by atoms with Gasteiger partial charge in [-0.2, -0.15) is 0 Å². The molecule has 0 spiro atoms. The summed E-state index contributed by atoms with van der Waals surface area (Å²) < 4.78 is 14.4. The molecule has 2 aromatic rings. The van der Waals surface area contributed by atoms with E-state index in [2.05, 4.69) is 21.2 Å². The lowest BCUT2D eigenvalue weighted by Gasteiger charge is -2.14. The van der Waals surface area contributed by atoms with Crippen molar-refractivity contribution < 1.29 is 9.50 Å². The molecular weight excluding hydrogens is 333 g/mol. The molecular formula is C14H12BrClFNO. The molecule has 0 aromatic heterocycles. The molecule has 2 nitrogen and oxygen atoms in total. The number of aliphatic hydroxyl groups is 1. The molecule has 19 heavy (non-hydrogen) atoms. The Labute approximate surface area is 124 Å². The summed E-state index contributed by atoms with van der Waals surface area (Å²) in [6.07, 6.45) is -0.715. The summed E-state index contributed by atoms with van der Waals surface area (Å²) in [6.45, 7) is 0.217. The molecule has 0 fully saturated rings. The number of hydrogen-bond donors (Lipinski definition) is 2. The average Bonchev–Trinajstić information content (AvgIpc) is 2.37. The molecule has 1 unspecified atom stereocenters. The third kappa shape index (κ3) is 3.93. The van der Waals surface area contributed by atoms with Gasteiger partial charge in [0, 0.05) is 16.0 Å². The molecule has 1 atom stereocenters. The first-order valence-corrected chi connectivity index (χ1v) is 6.86. The van der Waals surface area contributed by atoms with Crippen molar-refractivity contribution in [1.29, 1.82) is 0 Å². The van der Waals surface area contributed by atoms with E-state index in [-0.39, 0.29) is 6.54 Å². The normalized spacial score (nSPS) is 12.2. The van der Waals surface area contributed by atoms with Gasteiger partial charge in [-0.05, 0) is 35.9 Å². The van der Waals surface area contributed by atoms with Crippen molar-refractivity contribution in [3.8, 4) is 0 Å². The lowest BCUT2D eigenvalue weighted by Crippen LogP contribution is -2.12. The van der Waals surface area contributed by atoms with Crippen LogP contribution in [-0.4, -0.2) is 11.7 Å². The van der Waals surface area contributed by atoms with Gasteiger partial charge in [-0.3, -0.25) is 0 Å². The van der Waals surface area contributed by atoms with E-state index >= 15 is 0 Å². The zero-order valence-corrected chi connectivity index (χ0v) is 12.2. The highest BCUT2D eigenvalue weighted by molar-refractivity contribution is 9.10. The van der Waals surface area contributed by atoms with Crippen LogP contribution in [0.2, 0.25) is 5.02 Å². The van der Waals surface area contributed by atoms with Crippen LogP contribution in [0.5, 0.6) is 0 Å². The zero-order chi connectivity index (χ0) is 13.8. The topological polar surface area (TPSA) is 32.3 Å². The van der Waals surface area contributed by atoms with Crippen molar-refractivity contribution in [3.05, 3.63) is 63.3 Å². The minimum Gasteiger partial charge on any atom is -0.387 e. The summed E-state index contributed by atoms with van der Waals surface area (Å²) >= 11 is 9.01. The minimum atomic E-state index is -0.715. The second kappa shape index (κ2) is 6.37. The molecule has 0 aliphatic heterocycles. The predicted molar refractivity (Wildman–Crippen MR) is 79.0 cm³/mol. The van der Waals surface area contributed by atoms with Crippen LogP contribution in [0.15, 0.2) is 46.9 Å². The van der Waals surface area contributed by atoms with Crippen LogP contribution in [0.4, 0.5) is 10.1 Å². The van der Waals surface area contributed by atoms with E-state index in [1.807, 2.05) is 24.3 Å². The standard InChI is InChI=1S/C14H12BrClFNO/c15-10-3-1-2-9(6-10)14(19)8-18-13-5-4-11(16)7-12(13)17/h1-7,14,18-19H,8H2. The molecule has 0 saturated heterocycles. The molecule has 0 aliphatic carbocycles. The molecule has 0 bridgehead atoms. The van der Waals surface area contributed by atoms with E-state index in [1.165, 1.54) is 6.07 Å². The van der Waals surface area contributed by atoms with E-state index in [4.69, 9.17) is 11.6 Å². The number of rotatable bonds is 4. The lowest BCUT2D eigenvalue weighted by atomic mass is 10.1. The van der Waals surface area contributed by atoms with Gasteiger partial charge in [-0.25, -0.2) is 4.39 Å². The summed E-state index contributed by atoms with van der Waals surface area (Å²) in [4.78, 5) is 0. The van der Waals surface area contributed by atoms with Gasteiger partial charge in [0.05, 0.1) is 11.8 Å². The SMILES string of the molecule is OC(CNc1ccc(Cl)cc1F)c1cccc(Br)c1. The Bertz CT molecular complexity index is 579. The third-order valence-electron chi connectivity index (χ3n) is 2.65. The number of aliphatic hydroxyl groups excluding tert-OH is 1. The van der Waals surface area contributed by atoms with Crippen LogP contribution in [0.3, 0.4) is 0 Å². The van der Waals surface area contributed by atoms with E-state index in [1.54, 1.807) is 12.1 Å². The molecule has 2 rings (SSSR count). The first kappa shape index (κ1) is 14.3. The minimum absolute atomic E-state index is 0.217. The van der Waals surface area contributed by atoms with Gasteiger partial charge >= 0.3 is 0 Å². The predicted octanol–water partition coefficient (Wildman–Crippen LogP) is 4.39. The third-order valence-corrected chi connectivity index (χ3v) is 3.38. The fourth-order valence-electron chi connectivity index (χ4n) is 1.67. The second-order valence-electron chi connectivity index (χ2n) is 4.08. The van der Waals surface area contributed by atoms with E-state index in [0.717, 1.165) is 10.0 Å². The van der Waals surface area contributed by atoms with Gasteiger partial charge < -0.3 is 10.4 Å². The molecule has 0 aliphatic rings. The van der Waals surface area contributed by atoms with Crippen LogP contribution < -0.4 is 5.32 Å². The number of halogens is 3. The summed E-state index contributed by atoms with van der Waals surface area (Å²) in [7, 11) is 0. The van der Waals surface area contributed by atoms with E-state index in [9.17, 15) is 9.50 Å². The highest BCUT2D eigenvalue weighted by atomic mass is 79.9. The van der Waals surface area contributed by atoms with Crippen molar-refractivity contribution in [1.82, 2.24) is 0 Å². The average molecular weight is 345 g/mol. The number of hydrogen-bond acceptors (Lipinski definition) is 2. The smallest absolute Gasteiger partial charge is 0.147 e. The van der Waals surface area contributed by atoms with Gasteiger partial charge in [-0.1, -0.05) is 39.7 Å². The van der Waals surface area contributed by atoms with Crippen molar-refractivity contribution >= 4 is 33.2 Å². The van der Waals surface area contributed by atoms with Crippen LogP contribution in [0.25, 0.3) is 0 Å². The Morgan fingerprint density at radius 2 is 2.05 bits per heavy atom. The molecule has 100 valence electrons. The van der Waals surface area contributed by atoms with E-state index in [0.29, 0.717) is 10.7 Å². The molecule has 2 N–H and O–H groups in total. The van der Waals surface area contributed by atoms with Crippen molar-refractivity contribution in [3.63, 3.8) is 0 Å². The van der Waals surface area contributed by atoms with Crippen molar-refractivity contribution in [2.45, 2.75) is 6.10 Å². The van der Waals surface area contributed by atoms with E-state index < -0.39 is 11.9 Å². The fraction of sp³-hybridized carbons (Fsp3) is 0.143. The quantitative estimate of drug-likeness (QED) is 0.862. The number of nitrogens with one attached hydrogen (secondary N) is 1. The molecule has 0 amide bonds. The summed E-state index contributed by atoms with van der Waals surface area (Å²) in [5.74, 6) is -0.436. The van der Waals surface area contributed by atoms with Gasteiger partial charge in [-0.15, -0.1) is 0 Å². The Kier molecular flexibility index (Phi) is 4.80. The highest BCUT2D eigenvalue weighted by Gasteiger charge is 2.09. The summed E-state index contributed by atoms with van der Waals surface area (Å²) in [6, 6.07) is 11.7. The molecule has 5 heteroatoms. The molecule has 0 heterocycles. The van der Waals surface area contributed by atoms with Gasteiger partial charge in [0.15, 0.2) is 0 Å². The maximum absolute atomic E-state index is 13.5. The maximum atomic E-state index is 13.5. The lowest BCUT2D eigenvalue weighted by molar-refractivity contribution is 0.191. The van der Waals surface area contributed by atoms with Gasteiger partial charge in [0.25, 0.3) is 0 Å². The maximum Gasteiger partial charge on any atom is 0.147 e. The Morgan fingerprint density at radius 1 is 1.26 bits per heavy atom. The Hall–Kier alpha value is -1.10. The summed E-state index contributed by atoms with van der Waals surface area (Å²) in [5, 5.41) is 13.2. The molecule has 2 aromatic carbocycles. The zero-order valence-electron chi connectivity index (χ0n) is 9.91. The monoisotopic (exact) mass is 343 g/mol. The summed E-state index contributed by atoms with van der Waals surface area (Å²) in [5.41, 5.74) is 1.08. The van der Waals surface area contributed by atoms with Crippen molar-refractivity contribution in [2.75, 3.05) is 11.9 Å². The Morgan fingerprint density at radius 3 is 2.74 bits per heavy atom. The van der Waals surface area contributed by atoms with Crippen molar-refractivity contribution in [2.24, 2.45) is 0 Å². The van der Waals surface area contributed by atoms with Crippen LogP contribution in [-0.2, 0) is 0 Å². The molecule has 0 saturated carbocycles. The second-order valence-corrected chi connectivity index (χ2v) is 5.43. The number of benzene rings is 2. The largest absolute Gasteiger partial charge is 0.387 e. The van der Waals surface area contributed by atoms with Gasteiger partial charge in [0.2, 0.25) is 0 Å². The van der Waals surface area contributed by atoms with Crippen LogP contribution >= 0.6 is 27.5 Å². The first-order chi connectivity index (χ1) is 9.06. The van der Waals surface area contributed by atoms with Gasteiger partial charge in [0.1, 0.15) is 5.82 Å². The van der Waals surface area contributed by atoms with Crippen LogP contribution in [0.1, 0.15) is 11.7 Å².